The van der Waals surface area contributed by atoms with Crippen molar-refractivity contribution in [1.82, 2.24) is 10.3 Å². The molecule has 2 unspecified atom stereocenters. The summed E-state index contributed by atoms with van der Waals surface area (Å²) in [6, 6.07) is 11.6. The lowest BCUT2D eigenvalue weighted by Crippen LogP contribution is -2.50. The summed E-state index contributed by atoms with van der Waals surface area (Å²) in [6.07, 6.45) is 3.01. The highest BCUT2D eigenvalue weighted by Gasteiger charge is 2.62. The maximum atomic E-state index is 15.0. The van der Waals surface area contributed by atoms with Crippen molar-refractivity contribution in [3.63, 3.8) is 0 Å². The monoisotopic (exact) mass is 676 g/mol. The first-order valence-electron chi connectivity index (χ1n) is 13.7. The number of nitrogens with zero attached hydrogens (tertiary/aromatic N) is 1. The summed E-state index contributed by atoms with van der Waals surface area (Å²) in [7, 11) is 1.50. The molecule has 43 heavy (non-hydrogen) atoms. The van der Waals surface area contributed by atoms with Gasteiger partial charge in [0.2, 0.25) is 12.3 Å². The number of carbonyl (C=O) groups excluding carboxylic acids is 2. The molecule has 1 fully saturated rings. The number of halogens is 3. The molecule has 3 heterocycles. The molecule has 2 aliphatic rings. The van der Waals surface area contributed by atoms with Gasteiger partial charge in [-0.25, -0.2) is 4.39 Å². The predicted molar refractivity (Wildman–Crippen MR) is 168 cm³/mol. The molecule has 0 aliphatic carbocycles. The van der Waals surface area contributed by atoms with Crippen molar-refractivity contribution in [3.05, 3.63) is 75.2 Å². The first-order chi connectivity index (χ1) is 20.5. The minimum absolute atomic E-state index is 0.0230. The standard InChI is InChI=1S/C21H22BrClFN3O.C10H13NO4/c1-20(2,3)8-16-21(18-15(27-19(21)28)7-11(22)9-26-18)13(10-25-16)12-5-4-6-14(23)17(12)24;1-14-10-6-8(15-5-4-12)2-3-9(10)11-7-13/h4-7,9,13,16,25H,8,10H2,1-3H3,(H,27,28);2-3,6-7,12H,4-5H2,1H3,(H,11,13)/t13?,16?,21-;/m0./s1. The fourth-order valence-electron chi connectivity index (χ4n) is 5.77. The zero-order valence-corrected chi connectivity index (χ0v) is 26.7. The number of pyridine rings is 1. The van der Waals surface area contributed by atoms with Crippen molar-refractivity contribution < 1.29 is 28.6 Å². The second-order valence-electron chi connectivity index (χ2n) is 11.5. The van der Waals surface area contributed by atoms with E-state index in [-0.39, 0.29) is 35.6 Å². The molecule has 0 bridgehead atoms. The molecule has 9 nitrogen and oxygen atoms in total. The van der Waals surface area contributed by atoms with Gasteiger partial charge in [0.15, 0.2) is 0 Å². The Morgan fingerprint density at radius 3 is 2.72 bits per heavy atom. The zero-order chi connectivity index (χ0) is 31.4. The van der Waals surface area contributed by atoms with Gasteiger partial charge in [0.1, 0.15) is 29.3 Å². The van der Waals surface area contributed by atoms with Crippen molar-refractivity contribution in [1.29, 1.82) is 0 Å². The first-order valence-corrected chi connectivity index (χ1v) is 14.9. The Kier molecular flexibility index (Phi) is 10.3. The van der Waals surface area contributed by atoms with Crippen LogP contribution in [0.25, 0.3) is 0 Å². The summed E-state index contributed by atoms with van der Waals surface area (Å²) in [6.45, 7) is 7.07. The molecular weight excluding hydrogens is 643 g/mol. The number of amides is 2. The molecule has 2 aromatic carbocycles. The van der Waals surface area contributed by atoms with Crippen LogP contribution < -0.4 is 25.4 Å². The van der Waals surface area contributed by atoms with E-state index >= 15 is 4.39 Å². The molecule has 2 aliphatic heterocycles. The third kappa shape index (κ3) is 6.80. The Hall–Kier alpha value is -3.25. The summed E-state index contributed by atoms with van der Waals surface area (Å²) in [4.78, 5) is 28.4. The van der Waals surface area contributed by atoms with E-state index in [1.807, 2.05) is 6.07 Å². The Bertz CT molecular complexity index is 1490. The topological polar surface area (TPSA) is 122 Å². The van der Waals surface area contributed by atoms with E-state index in [9.17, 15) is 9.59 Å². The lowest BCUT2D eigenvalue weighted by Gasteiger charge is -2.36. The Balaban J connectivity index is 0.000000239. The number of hydrogen-bond acceptors (Lipinski definition) is 7. The van der Waals surface area contributed by atoms with Crippen molar-refractivity contribution in [2.24, 2.45) is 5.41 Å². The molecule has 12 heteroatoms. The van der Waals surface area contributed by atoms with Crippen LogP contribution in [-0.4, -0.2) is 55.3 Å². The molecule has 3 atom stereocenters. The first kappa shape index (κ1) is 32.7. The van der Waals surface area contributed by atoms with Crippen LogP contribution in [0.3, 0.4) is 0 Å². The number of hydrogen-bond donors (Lipinski definition) is 4. The Morgan fingerprint density at radius 1 is 1.28 bits per heavy atom. The summed E-state index contributed by atoms with van der Waals surface area (Å²) < 4.78 is 26.0. The molecule has 4 N–H and O–H groups in total. The van der Waals surface area contributed by atoms with Gasteiger partial charge in [-0.05, 0) is 57.6 Å². The van der Waals surface area contributed by atoms with Crippen LogP contribution in [0.4, 0.5) is 15.8 Å². The fourth-order valence-corrected chi connectivity index (χ4v) is 6.28. The van der Waals surface area contributed by atoms with Gasteiger partial charge in [-0.3, -0.25) is 14.6 Å². The average Bonchev–Trinajstić information content (AvgIpc) is 3.46. The number of aliphatic hydroxyl groups is 1. The number of ether oxygens (including phenoxy) is 2. The van der Waals surface area contributed by atoms with E-state index in [0.717, 1.165) is 10.9 Å². The number of methoxy groups -OCH3 is 1. The SMILES string of the molecule is CC(C)(C)CC1NCC(c2cccc(Cl)c2F)[C@]12C(=O)Nc1cc(Br)cnc12.COc1cc(OCCO)ccc1NC=O. The fraction of sp³-hybridized carbons (Fsp3) is 0.387. The van der Waals surface area contributed by atoms with Gasteiger partial charge in [-0.1, -0.05) is 44.5 Å². The number of nitrogens with one attached hydrogen (secondary N) is 3. The smallest absolute Gasteiger partial charge is 0.239 e. The molecule has 0 saturated carbocycles. The highest BCUT2D eigenvalue weighted by molar-refractivity contribution is 9.10. The number of aliphatic hydroxyl groups excluding tert-OH is 1. The van der Waals surface area contributed by atoms with E-state index in [1.165, 1.54) is 13.2 Å². The number of anilines is 2. The van der Waals surface area contributed by atoms with Crippen molar-refractivity contribution in [3.8, 4) is 11.5 Å². The van der Waals surface area contributed by atoms with Crippen molar-refractivity contribution in [2.45, 2.75) is 44.6 Å². The van der Waals surface area contributed by atoms with Crippen LogP contribution in [0.1, 0.15) is 44.4 Å². The minimum atomic E-state index is -0.991. The van der Waals surface area contributed by atoms with Crippen LogP contribution in [0.5, 0.6) is 11.5 Å². The largest absolute Gasteiger partial charge is 0.494 e. The molecule has 5 rings (SSSR count). The third-order valence-corrected chi connectivity index (χ3v) is 8.18. The van der Waals surface area contributed by atoms with Gasteiger partial charge in [-0.2, -0.15) is 0 Å². The maximum Gasteiger partial charge on any atom is 0.239 e. The van der Waals surface area contributed by atoms with Crippen LogP contribution in [0.2, 0.25) is 5.02 Å². The normalized spacial score (nSPS) is 20.6. The Labute approximate surface area is 263 Å². The van der Waals surface area contributed by atoms with Crippen LogP contribution in [-0.2, 0) is 15.0 Å². The van der Waals surface area contributed by atoms with E-state index in [4.69, 9.17) is 26.2 Å². The van der Waals surface area contributed by atoms with Gasteiger partial charge >= 0.3 is 0 Å². The third-order valence-electron chi connectivity index (χ3n) is 7.46. The van der Waals surface area contributed by atoms with Crippen molar-refractivity contribution in [2.75, 3.05) is 37.5 Å². The summed E-state index contributed by atoms with van der Waals surface area (Å²) in [5, 5.41) is 17.6. The van der Waals surface area contributed by atoms with Gasteiger partial charge in [-0.15, -0.1) is 0 Å². The van der Waals surface area contributed by atoms with E-state index < -0.39 is 17.2 Å². The lowest BCUT2D eigenvalue weighted by atomic mass is 9.65. The number of aromatic nitrogens is 1. The lowest BCUT2D eigenvalue weighted by molar-refractivity contribution is -0.122. The summed E-state index contributed by atoms with van der Waals surface area (Å²) in [5.74, 6) is 0.0743. The number of benzene rings is 2. The van der Waals surface area contributed by atoms with E-state index in [2.05, 4.69) is 57.6 Å². The van der Waals surface area contributed by atoms with E-state index in [1.54, 1.807) is 36.5 Å². The molecule has 0 radical (unpaired) electrons. The van der Waals surface area contributed by atoms with Gasteiger partial charge < -0.3 is 30.5 Å². The van der Waals surface area contributed by atoms with Crippen LogP contribution in [0.15, 0.2) is 53.1 Å². The number of rotatable bonds is 8. The Morgan fingerprint density at radius 2 is 2.05 bits per heavy atom. The second-order valence-corrected chi connectivity index (χ2v) is 12.8. The van der Waals surface area contributed by atoms with Gasteiger partial charge in [0.05, 0.1) is 35.8 Å². The van der Waals surface area contributed by atoms with Crippen LogP contribution in [0, 0.1) is 11.2 Å². The number of fused-ring (bicyclic) bond motifs is 2. The summed E-state index contributed by atoms with van der Waals surface area (Å²) in [5.41, 5.74) is 1.35. The molecule has 1 saturated heterocycles. The summed E-state index contributed by atoms with van der Waals surface area (Å²) >= 11 is 9.49. The molecule has 230 valence electrons. The minimum Gasteiger partial charge on any atom is -0.494 e. The molecule has 3 aromatic rings. The molecular formula is C31H35BrClFN4O5. The second kappa shape index (κ2) is 13.6. The van der Waals surface area contributed by atoms with Crippen molar-refractivity contribution >= 4 is 51.2 Å². The van der Waals surface area contributed by atoms with E-state index in [0.29, 0.717) is 47.1 Å². The van der Waals surface area contributed by atoms with Gasteiger partial charge in [0.25, 0.3) is 0 Å². The highest BCUT2D eigenvalue weighted by atomic mass is 79.9. The molecule has 2 amide bonds. The number of carbonyl (C=O) groups is 2. The van der Waals surface area contributed by atoms with Crippen LogP contribution >= 0.6 is 27.5 Å². The highest BCUT2D eigenvalue weighted by Crippen LogP contribution is 2.54. The zero-order valence-electron chi connectivity index (χ0n) is 24.3. The average molecular weight is 678 g/mol. The van der Waals surface area contributed by atoms with Gasteiger partial charge in [0, 0.05) is 35.2 Å². The predicted octanol–water partition coefficient (Wildman–Crippen LogP) is 5.65. The molecule has 1 aromatic heterocycles. The maximum absolute atomic E-state index is 15.0. The molecule has 1 spiro atoms. The quantitative estimate of drug-likeness (QED) is 0.227.